The fourth-order valence-corrected chi connectivity index (χ4v) is 2.43. The predicted molar refractivity (Wildman–Crippen MR) is 74.5 cm³/mol. The van der Waals surface area contributed by atoms with Crippen molar-refractivity contribution in [3.63, 3.8) is 0 Å². The maximum absolute atomic E-state index is 13.9. The Bertz CT molecular complexity index is 728. The van der Waals surface area contributed by atoms with E-state index >= 15 is 0 Å². The first-order chi connectivity index (χ1) is 10.1. The minimum Gasteiger partial charge on any atom is -0.493 e. The summed E-state index contributed by atoms with van der Waals surface area (Å²) in [5, 5.41) is 0. The highest BCUT2D eigenvalue weighted by Crippen LogP contribution is 2.27. The third kappa shape index (κ3) is 2.46. The van der Waals surface area contributed by atoms with Crippen molar-refractivity contribution in [1.29, 1.82) is 0 Å². The Labute approximate surface area is 120 Å². The van der Waals surface area contributed by atoms with Crippen LogP contribution < -0.4 is 10.5 Å². The summed E-state index contributed by atoms with van der Waals surface area (Å²) < 4.78 is 32.7. The number of carbonyl (C=O) groups is 1. The van der Waals surface area contributed by atoms with Crippen LogP contribution in [0.4, 0.5) is 14.5 Å². The first kappa shape index (κ1) is 13.5. The van der Waals surface area contributed by atoms with Gasteiger partial charge >= 0.3 is 0 Å². The monoisotopic (exact) mass is 289 g/mol. The lowest BCUT2D eigenvalue weighted by molar-refractivity contribution is 0.103. The minimum atomic E-state index is -0.893. The van der Waals surface area contributed by atoms with Crippen LogP contribution in [0.1, 0.15) is 27.9 Å². The van der Waals surface area contributed by atoms with Crippen LogP contribution in [0.25, 0.3) is 0 Å². The van der Waals surface area contributed by atoms with Crippen LogP contribution in [-0.4, -0.2) is 12.4 Å². The van der Waals surface area contributed by atoms with Gasteiger partial charge in [-0.15, -0.1) is 0 Å². The Kier molecular flexibility index (Phi) is 3.33. The molecule has 21 heavy (non-hydrogen) atoms. The van der Waals surface area contributed by atoms with E-state index in [9.17, 15) is 13.6 Å². The first-order valence-corrected chi connectivity index (χ1v) is 6.61. The van der Waals surface area contributed by atoms with Gasteiger partial charge in [-0.05, 0) is 48.7 Å². The lowest BCUT2D eigenvalue weighted by Gasteiger charge is -2.17. The molecule has 5 heteroatoms. The number of rotatable bonds is 2. The van der Waals surface area contributed by atoms with Crippen LogP contribution in [0.15, 0.2) is 30.3 Å². The van der Waals surface area contributed by atoms with Gasteiger partial charge in [0.15, 0.2) is 11.6 Å². The van der Waals surface area contributed by atoms with Crippen molar-refractivity contribution in [2.45, 2.75) is 12.8 Å². The highest BCUT2D eigenvalue weighted by molar-refractivity contribution is 6.09. The molecule has 1 aliphatic heterocycles. The highest BCUT2D eigenvalue weighted by Gasteiger charge is 2.20. The molecule has 0 aromatic heterocycles. The van der Waals surface area contributed by atoms with E-state index in [1.165, 1.54) is 0 Å². The largest absolute Gasteiger partial charge is 0.493 e. The number of halogens is 2. The summed E-state index contributed by atoms with van der Waals surface area (Å²) >= 11 is 0. The minimum absolute atomic E-state index is 0.295. The molecule has 0 fully saturated rings. The van der Waals surface area contributed by atoms with Gasteiger partial charge in [0.05, 0.1) is 17.9 Å². The molecular formula is C16H13F2NO2. The number of ether oxygens (including phenoxy) is 1. The summed E-state index contributed by atoms with van der Waals surface area (Å²) in [5.74, 6) is -1.49. The molecule has 2 aromatic rings. The third-order valence-electron chi connectivity index (χ3n) is 3.48. The number of nitrogens with two attached hydrogens (primary N) is 1. The fourth-order valence-electron chi connectivity index (χ4n) is 2.43. The number of benzene rings is 2. The average molecular weight is 289 g/mol. The summed E-state index contributed by atoms with van der Waals surface area (Å²) in [6.45, 7) is 0.648. The zero-order chi connectivity index (χ0) is 15.0. The first-order valence-electron chi connectivity index (χ1n) is 6.61. The van der Waals surface area contributed by atoms with Gasteiger partial charge in [0, 0.05) is 5.56 Å². The second-order valence-electron chi connectivity index (χ2n) is 4.96. The standard InChI is InChI=1S/C16H13F2NO2/c17-11-7-12(15(18)13(19)8-11)16(20)10-3-4-14-9(6-10)2-1-5-21-14/h3-4,6-8H,1-2,5,19H2. The number of aryl methyl sites for hydroxylation is 1. The Morgan fingerprint density at radius 1 is 1.19 bits per heavy atom. The van der Waals surface area contributed by atoms with E-state index in [-0.39, 0.29) is 11.3 Å². The van der Waals surface area contributed by atoms with Crippen molar-refractivity contribution in [2.24, 2.45) is 0 Å². The van der Waals surface area contributed by atoms with Crippen LogP contribution in [0.5, 0.6) is 5.75 Å². The Balaban J connectivity index is 2.03. The molecule has 0 saturated heterocycles. The number of fused-ring (bicyclic) bond motifs is 1. The molecule has 0 unspecified atom stereocenters. The number of anilines is 1. The van der Waals surface area contributed by atoms with Crippen molar-refractivity contribution < 1.29 is 18.3 Å². The van der Waals surface area contributed by atoms with Crippen LogP contribution in [-0.2, 0) is 6.42 Å². The molecule has 0 aliphatic carbocycles. The van der Waals surface area contributed by atoms with Gasteiger partial charge < -0.3 is 10.5 Å². The molecule has 0 saturated carbocycles. The molecule has 1 aliphatic rings. The molecule has 3 rings (SSSR count). The van der Waals surface area contributed by atoms with Crippen molar-refractivity contribution in [3.8, 4) is 5.75 Å². The molecule has 0 atom stereocenters. The number of carbonyl (C=O) groups excluding carboxylic acids is 1. The summed E-state index contributed by atoms with van der Waals surface area (Å²) in [4.78, 5) is 12.4. The highest BCUT2D eigenvalue weighted by atomic mass is 19.1. The van der Waals surface area contributed by atoms with Crippen LogP contribution in [0, 0.1) is 11.6 Å². The van der Waals surface area contributed by atoms with Crippen molar-refractivity contribution in [2.75, 3.05) is 12.3 Å². The molecule has 0 spiro atoms. The number of hydrogen-bond acceptors (Lipinski definition) is 3. The second kappa shape index (κ2) is 5.16. The van der Waals surface area contributed by atoms with E-state index in [0.29, 0.717) is 12.2 Å². The molecule has 108 valence electrons. The summed E-state index contributed by atoms with van der Waals surface area (Å²) in [5.41, 5.74) is 5.82. The topological polar surface area (TPSA) is 52.3 Å². The lowest BCUT2D eigenvalue weighted by atomic mass is 9.97. The molecular weight excluding hydrogens is 276 g/mol. The molecule has 2 aromatic carbocycles. The van der Waals surface area contributed by atoms with E-state index in [1.807, 2.05) is 0 Å². The maximum Gasteiger partial charge on any atom is 0.196 e. The Morgan fingerprint density at radius 2 is 2.00 bits per heavy atom. The Hall–Kier alpha value is -2.43. The van der Waals surface area contributed by atoms with E-state index in [0.717, 1.165) is 36.3 Å². The molecule has 2 N–H and O–H groups in total. The molecule has 0 amide bonds. The van der Waals surface area contributed by atoms with Gasteiger partial charge in [0.2, 0.25) is 0 Å². The number of ketones is 1. The zero-order valence-electron chi connectivity index (χ0n) is 11.2. The van der Waals surface area contributed by atoms with Gasteiger partial charge in [-0.3, -0.25) is 4.79 Å². The molecule has 3 nitrogen and oxygen atoms in total. The summed E-state index contributed by atoms with van der Waals surface area (Å²) in [6.07, 6.45) is 1.66. The normalized spacial score (nSPS) is 13.4. The number of nitrogen functional groups attached to an aromatic ring is 1. The van der Waals surface area contributed by atoms with Crippen LogP contribution in [0.2, 0.25) is 0 Å². The zero-order valence-corrected chi connectivity index (χ0v) is 11.2. The number of hydrogen-bond donors (Lipinski definition) is 1. The van der Waals surface area contributed by atoms with Gasteiger partial charge in [-0.2, -0.15) is 0 Å². The molecule has 1 heterocycles. The smallest absolute Gasteiger partial charge is 0.196 e. The van der Waals surface area contributed by atoms with Gasteiger partial charge in [-0.25, -0.2) is 8.78 Å². The maximum atomic E-state index is 13.9. The van der Waals surface area contributed by atoms with E-state index in [2.05, 4.69) is 0 Å². The van der Waals surface area contributed by atoms with E-state index in [4.69, 9.17) is 10.5 Å². The van der Waals surface area contributed by atoms with E-state index in [1.54, 1.807) is 18.2 Å². The Morgan fingerprint density at radius 3 is 2.81 bits per heavy atom. The molecule has 0 radical (unpaired) electrons. The van der Waals surface area contributed by atoms with Crippen molar-refractivity contribution in [1.82, 2.24) is 0 Å². The SMILES string of the molecule is Nc1cc(F)cc(C(=O)c2ccc3c(c2)CCCO3)c1F. The second-order valence-corrected chi connectivity index (χ2v) is 4.96. The van der Waals surface area contributed by atoms with Crippen molar-refractivity contribution in [3.05, 3.63) is 58.7 Å². The summed E-state index contributed by atoms with van der Waals surface area (Å²) in [6, 6.07) is 6.61. The predicted octanol–water partition coefficient (Wildman–Crippen LogP) is 3.10. The third-order valence-corrected chi connectivity index (χ3v) is 3.48. The lowest BCUT2D eigenvalue weighted by Crippen LogP contribution is -2.11. The van der Waals surface area contributed by atoms with Crippen LogP contribution in [0.3, 0.4) is 0 Å². The van der Waals surface area contributed by atoms with Crippen molar-refractivity contribution >= 4 is 11.5 Å². The van der Waals surface area contributed by atoms with Gasteiger partial charge in [0.25, 0.3) is 0 Å². The molecule has 0 bridgehead atoms. The average Bonchev–Trinajstić information content (AvgIpc) is 2.49. The van der Waals surface area contributed by atoms with Gasteiger partial charge in [0.1, 0.15) is 11.6 Å². The van der Waals surface area contributed by atoms with Crippen LogP contribution >= 0.6 is 0 Å². The summed E-state index contributed by atoms with van der Waals surface area (Å²) in [7, 11) is 0. The van der Waals surface area contributed by atoms with E-state index < -0.39 is 17.4 Å². The fraction of sp³-hybridized carbons (Fsp3) is 0.188. The van der Waals surface area contributed by atoms with Gasteiger partial charge in [-0.1, -0.05) is 0 Å². The quantitative estimate of drug-likeness (QED) is 0.682.